The molecule has 2 aliphatic rings. The van der Waals surface area contributed by atoms with Gasteiger partial charge in [-0.05, 0) is 61.6 Å². The predicted octanol–water partition coefficient (Wildman–Crippen LogP) is 4.52. The Bertz CT molecular complexity index is 1020. The van der Waals surface area contributed by atoms with Gasteiger partial charge in [-0.15, -0.1) is 0 Å². The minimum atomic E-state index is -0.853. The SMILES string of the molecule is Cc1ccc([C@]2(O)CC[C@H]3CN(Cc4ccc(-c5ccccc5F)o4)C[C@H]32)nc1. The van der Waals surface area contributed by atoms with E-state index in [0.29, 0.717) is 23.8 Å². The highest BCUT2D eigenvalue weighted by Crippen LogP contribution is 2.50. The molecule has 0 unspecified atom stereocenters. The van der Waals surface area contributed by atoms with Gasteiger partial charge in [0, 0.05) is 25.2 Å². The van der Waals surface area contributed by atoms with Gasteiger partial charge >= 0.3 is 0 Å². The number of likely N-dealkylation sites (tertiary alicyclic amines) is 1. The number of aromatic nitrogens is 1. The number of hydrogen-bond acceptors (Lipinski definition) is 4. The lowest BCUT2D eigenvalue weighted by Gasteiger charge is -2.29. The first-order chi connectivity index (χ1) is 14.0. The normalized spacial score (nSPS) is 26.7. The number of hydrogen-bond donors (Lipinski definition) is 1. The largest absolute Gasteiger partial charge is 0.460 e. The fraction of sp³-hybridized carbons (Fsp3) is 0.375. The maximum absolute atomic E-state index is 14.0. The van der Waals surface area contributed by atoms with Crippen molar-refractivity contribution in [3.8, 4) is 11.3 Å². The summed E-state index contributed by atoms with van der Waals surface area (Å²) in [6, 6.07) is 14.4. The number of fused-ring (bicyclic) bond motifs is 1. The molecule has 1 saturated carbocycles. The van der Waals surface area contributed by atoms with Crippen LogP contribution in [0.3, 0.4) is 0 Å². The Morgan fingerprint density at radius 1 is 1.17 bits per heavy atom. The Hall–Kier alpha value is -2.50. The quantitative estimate of drug-likeness (QED) is 0.709. The molecule has 1 saturated heterocycles. The third kappa shape index (κ3) is 3.28. The minimum Gasteiger partial charge on any atom is -0.460 e. The lowest BCUT2D eigenvalue weighted by Crippen LogP contribution is -2.35. The minimum absolute atomic E-state index is 0.179. The van der Waals surface area contributed by atoms with Gasteiger partial charge in [-0.3, -0.25) is 9.88 Å². The molecule has 0 bridgehead atoms. The van der Waals surface area contributed by atoms with Crippen LogP contribution in [0.2, 0.25) is 0 Å². The molecule has 3 aromatic rings. The van der Waals surface area contributed by atoms with Gasteiger partial charge in [0.2, 0.25) is 0 Å². The molecule has 2 aromatic heterocycles. The summed E-state index contributed by atoms with van der Waals surface area (Å²) in [5.41, 5.74) is 1.52. The molecule has 0 radical (unpaired) electrons. The summed E-state index contributed by atoms with van der Waals surface area (Å²) in [4.78, 5) is 6.86. The maximum atomic E-state index is 14.0. The Morgan fingerprint density at radius 2 is 2.03 bits per heavy atom. The smallest absolute Gasteiger partial charge is 0.137 e. The summed E-state index contributed by atoms with van der Waals surface area (Å²) in [6.45, 7) is 4.42. The van der Waals surface area contributed by atoms with Crippen molar-refractivity contribution < 1.29 is 13.9 Å². The van der Waals surface area contributed by atoms with Crippen molar-refractivity contribution in [2.24, 2.45) is 11.8 Å². The Morgan fingerprint density at radius 3 is 2.83 bits per heavy atom. The van der Waals surface area contributed by atoms with E-state index < -0.39 is 5.60 Å². The Kier molecular flexibility index (Phi) is 4.52. The van der Waals surface area contributed by atoms with Gasteiger partial charge in [-0.25, -0.2) is 4.39 Å². The molecule has 0 spiro atoms. The van der Waals surface area contributed by atoms with Gasteiger partial charge in [-0.2, -0.15) is 0 Å². The first kappa shape index (κ1) is 18.5. The lowest BCUT2D eigenvalue weighted by molar-refractivity contribution is -0.0110. The van der Waals surface area contributed by atoms with Crippen LogP contribution in [0.1, 0.15) is 29.9 Å². The van der Waals surface area contributed by atoms with E-state index in [4.69, 9.17) is 4.42 Å². The van der Waals surface area contributed by atoms with Gasteiger partial charge < -0.3 is 9.52 Å². The molecule has 0 amide bonds. The van der Waals surface area contributed by atoms with Crippen LogP contribution in [0.5, 0.6) is 0 Å². The van der Waals surface area contributed by atoms with Gasteiger partial charge in [0.15, 0.2) is 0 Å². The summed E-state index contributed by atoms with van der Waals surface area (Å²) in [5.74, 6) is 1.74. The number of pyridine rings is 1. The van der Waals surface area contributed by atoms with Crippen LogP contribution < -0.4 is 0 Å². The fourth-order valence-electron chi connectivity index (χ4n) is 5.05. The van der Waals surface area contributed by atoms with E-state index in [0.717, 1.165) is 42.9 Å². The summed E-state index contributed by atoms with van der Waals surface area (Å²) >= 11 is 0. The number of benzene rings is 1. The van der Waals surface area contributed by atoms with Gasteiger partial charge in [0.25, 0.3) is 0 Å². The molecule has 4 nitrogen and oxygen atoms in total. The lowest BCUT2D eigenvalue weighted by atomic mass is 9.85. The van der Waals surface area contributed by atoms with Crippen molar-refractivity contribution in [1.82, 2.24) is 9.88 Å². The molecule has 1 aromatic carbocycles. The van der Waals surface area contributed by atoms with E-state index in [9.17, 15) is 9.50 Å². The first-order valence-corrected chi connectivity index (χ1v) is 10.2. The van der Waals surface area contributed by atoms with Gasteiger partial charge in [0.1, 0.15) is 22.9 Å². The molecule has 2 fully saturated rings. The molecule has 1 aliphatic carbocycles. The topological polar surface area (TPSA) is 49.5 Å². The Labute approximate surface area is 170 Å². The van der Waals surface area contributed by atoms with E-state index in [1.807, 2.05) is 43.5 Å². The van der Waals surface area contributed by atoms with Crippen molar-refractivity contribution in [3.63, 3.8) is 0 Å². The molecule has 3 atom stereocenters. The average molecular weight is 392 g/mol. The second kappa shape index (κ2) is 7.08. The van der Waals surface area contributed by atoms with E-state index in [1.165, 1.54) is 6.07 Å². The monoisotopic (exact) mass is 392 g/mol. The first-order valence-electron chi connectivity index (χ1n) is 10.2. The van der Waals surface area contributed by atoms with Crippen molar-refractivity contribution >= 4 is 0 Å². The molecular formula is C24H25FN2O2. The Balaban J connectivity index is 1.31. The molecule has 3 heterocycles. The average Bonchev–Trinajstić information content (AvgIpc) is 3.41. The summed E-state index contributed by atoms with van der Waals surface area (Å²) in [7, 11) is 0. The molecule has 150 valence electrons. The highest BCUT2D eigenvalue weighted by molar-refractivity contribution is 5.58. The number of furan rings is 1. The predicted molar refractivity (Wildman–Crippen MR) is 108 cm³/mol. The number of rotatable bonds is 4. The van der Waals surface area contributed by atoms with Crippen LogP contribution in [-0.4, -0.2) is 28.1 Å². The van der Waals surface area contributed by atoms with E-state index in [1.54, 1.807) is 12.1 Å². The molecule has 1 N–H and O–H groups in total. The van der Waals surface area contributed by atoms with Crippen LogP contribution in [0.25, 0.3) is 11.3 Å². The van der Waals surface area contributed by atoms with Crippen LogP contribution in [0.4, 0.5) is 4.39 Å². The fourth-order valence-corrected chi connectivity index (χ4v) is 5.05. The summed E-state index contributed by atoms with van der Waals surface area (Å²) in [6.07, 6.45) is 3.61. The molecular weight excluding hydrogens is 367 g/mol. The number of aryl methyl sites for hydroxylation is 1. The van der Waals surface area contributed by atoms with E-state index in [-0.39, 0.29) is 11.7 Å². The third-order valence-electron chi connectivity index (χ3n) is 6.56. The molecule has 29 heavy (non-hydrogen) atoms. The molecule has 5 heteroatoms. The highest BCUT2D eigenvalue weighted by atomic mass is 19.1. The standard InChI is InChI=1S/C24H25FN2O2/c1-16-6-9-23(26-12-16)24(28)11-10-17-13-27(15-20(17)24)14-18-7-8-22(29-18)19-4-2-3-5-21(19)25/h2-9,12,17,20,28H,10-11,13-15H2,1H3/t17-,20+,24-/m0/s1. The third-order valence-corrected chi connectivity index (χ3v) is 6.56. The van der Waals surface area contributed by atoms with E-state index in [2.05, 4.69) is 9.88 Å². The second-order valence-corrected chi connectivity index (χ2v) is 8.49. The number of halogens is 1. The van der Waals surface area contributed by atoms with Crippen molar-refractivity contribution in [2.75, 3.05) is 13.1 Å². The molecule has 1 aliphatic heterocycles. The van der Waals surface area contributed by atoms with Crippen LogP contribution >= 0.6 is 0 Å². The molecule has 5 rings (SSSR count). The zero-order valence-electron chi connectivity index (χ0n) is 16.5. The van der Waals surface area contributed by atoms with Gasteiger partial charge in [0.05, 0.1) is 17.8 Å². The summed E-state index contributed by atoms with van der Waals surface area (Å²) < 4.78 is 19.9. The summed E-state index contributed by atoms with van der Waals surface area (Å²) in [5, 5.41) is 11.4. The van der Waals surface area contributed by atoms with Gasteiger partial charge in [-0.1, -0.05) is 18.2 Å². The zero-order chi connectivity index (χ0) is 20.0. The maximum Gasteiger partial charge on any atom is 0.137 e. The number of nitrogens with zero attached hydrogens (tertiary/aromatic N) is 2. The number of aliphatic hydroxyl groups is 1. The van der Waals surface area contributed by atoms with E-state index >= 15 is 0 Å². The zero-order valence-corrected chi connectivity index (χ0v) is 16.5. The van der Waals surface area contributed by atoms with Crippen LogP contribution in [-0.2, 0) is 12.1 Å². The van der Waals surface area contributed by atoms with Crippen molar-refractivity contribution in [2.45, 2.75) is 31.9 Å². The van der Waals surface area contributed by atoms with Crippen molar-refractivity contribution in [3.05, 3.63) is 77.6 Å². The van der Waals surface area contributed by atoms with Crippen LogP contribution in [0, 0.1) is 24.6 Å². The van der Waals surface area contributed by atoms with Crippen molar-refractivity contribution in [1.29, 1.82) is 0 Å². The highest BCUT2D eigenvalue weighted by Gasteiger charge is 2.53. The van der Waals surface area contributed by atoms with Crippen LogP contribution in [0.15, 0.2) is 59.1 Å². The second-order valence-electron chi connectivity index (χ2n) is 8.49.